The fourth-order valence-corrected chi connectivity index (χ4v) is 1.91. The van der Waals surface area contributed by atoms with Crippen molar-refractivity contribution in [1.29, 1.82) is 0 Å². The fraction of sp³-hybridized carbons (Fsp3) is 0.375. The first-order chi connectivity index (χ1) is 9.61. The van der Waals surface area contributed by atoms with Gasteiger partial charge in [0, 0.05) is 18.7 Å². The van der Waals surface area contributed by atoms with Gasteiger partial charge >= 0.3 is 0 Å². The Morgan fingerprint density at radius 2 is 2.05 bits per heavy atom. The first kappa shape index (κ1) is 14.3. The summed E-state index contributed by atoms with van der Waals surface area (Å²) in [4.78, 5) is 11.8. The number of ether oxygens (including phenoxy) is 1. The zero-order valence-electron chi connectivity index (χ0n) is 12.2. The SMILES string of the molecule is CCC(=O)c1ccccc1OCc1ccn(C(C)C)n1. The van der Waals surface area contributed by atoms with E-state index in [0.717, 1.165) is 5.69 Å². The van der Waals surface area contributed by atoms with Gasteiger partial charge in [-0.05, 0) is 32.0 Å². The molecule has 0 saturated carbocycles. The van der Waals surface area contributed by atoms with Crippen molar-refractivity contribution in [3.63, 3.8) is 0 Å². The maximum Gasteiger partial charge on any atom is 0.166 e. The molecular weight excluding hydrogens is 252 g/mol. The van der Waals surface area contributed by atoms with Gasteiger partial charge in [0.1, 0.15) is 12.4 Å². The van der Waals surface area contributed by atoms with Crippen LogP contribution in [-0.4, -0.2) is 15.6 Å². The summed E-state index contributed by atoms with van der Waals surface area (Å²) in [5.41, 5.74) is 1.50. The van der Waals surface area contributed by atoms with Crippen molar-refractivity contribution in [1.82, 2.24) is 9.78 Å². The Kier molecular flexibility index (Phi) is 4.56. The molecule has 0 radical (unpaired) electrons. The van der Waals surface area contributed by atoms with E-state index in [1.54, 1.807) is 6.07 Å². The van der Waals surface area contributed by atoms with E-state index >= 15 is 0 Å². The molecule has 0 aliphatic carbocycles. The summed E-state index contributed by atoms with van der Waals surface area (Å²) in [7, 11) is 0. The molecular formula is C16H20N2O2. The molecule has 0 atom stereocenters. The third-order valence-corrected chi connectivity index (χ3v) is 3.08. The van der Waals surface area contributed by atoms with E-state index in [1.165, 1.54) is 0 Å². The monoisotopic (exact) mass is 272 g/mol. The van der Waals surface area contributed by atoms with Gasteiger partial charge in [-0.1, -0.05) is 19.1 Å². The lowest BCUT2D eigenvalue weighted by Crippen LogP contribution is -2.05. The second-order valence-corrected chi connectivity index (χ2v) is 4.94. The summed E-state index contributed by atoms with van der Waals surface area (Å²) < 4.78 is 7.63. The van der Waals surface area contributed by atoms with Crippen molar-refractivity contribution in [3.05, 3.63) is 47.8 Å². The minimum atomic E-state index is 0.0910. The Balaban J connectivity index is 2.08. The van der Waals surface area contributed by atoms with E-state index in [4.69, 9.17) is 4.74 Å². The molecule has 0 bridgehead atoms. The average Bonchev–Trinajstić information content (AvgIpc) is 2.93. The summed E-state index contributed by atoms with van der Waals surface area (Å²) >= 11 is 0. The number of rotatable bonds is 6. The summed E-state index contributed by atoms with van der Waals surface area (Å²) in [6.45, 7) is 6.37. The minimum Gasteiger partial charge on any atom is -0.486 e. The predicted molar refractivity (Wildman–Crippen MR) is 78.0 cm³/mol. The number of carbonyl (C=O) groups is 1. The number of carbonyl (C=O) groups excluding carboxylic acids is 1. The van der Waals surface area contributed by atoms with Gasteiger partial charge in [0.2, 0.25) is 0 Å². The molecule has 1 aromatic carbocycles. The van der Waals surface area contributed by atoms with E-state index < -0.39 is 0 Å². The van der Waals surface area contributed by atoms with Gasteiger partial charge in [-0.2, -0.15) is 5.10 Å². The van der Waals surface area contributed by atoms with Crippen LogP contribution in [0, 0.1) is 0 Å². The molecule has 1 aromatic heterocycles. The van der Waals surface area contributed by atoms with Crippen LogP contribution in [0.15, 0.2) is 36.5 Å². The molecule has 0 aliphatic rings. The third-order valence-electron chi connectivity index (χ3n) is 3.08. The summed E-state index contributed by atoms with van der Waals surface area (Å²) in [5, 5.41) is 4.43. The molecule has 2 aromatic rings. The van der Waals surface area contributed by atoms with Gasteiger partial charge < -0.3 is 4.74 Å². The molecule has 0 spiro atoms. The Hall–Kier alpha value is -2.10. The van der Waals surface area contributed by atoms with Crippen molar-refractivity contribution in [3.8, 4) is 5.75 Å². The first-order valence-electron chi connectivity index (χ1n) is 6.91. The Morgan fingerprint density at radius 3 is 2.70 bits per heavy atom. The molecule has 106 valence electrons. The highest BCUT2D eigenvalue weighted by Crippen LogP contribution is 2.20. The highest BCUT2D eigenvalue weighted by Gasteiger charge is 2.10. The zero-order chi connectivity index (χ0) is 14.5. The second-order valence-electron chi connectivity index (χ2n) is 4.94. The van der Waals surface area contributed by atoms with Crippen LogP contribution in [-0.2, 0) is 6.61 Å². The van der Waals surface area contributed by atoms with Gasteiger partial charge in [0.25, 0.3) is 0 Å². The lowest BCUT2D eigenvalue weighted by molar-refractivity contribution is 0.0983. The molecule has 0 amide bonds. The van der Waals surface area contributed by atoms with Crippen LogP contribution in [0.1, 0.15) is 49.3 Å². The quantitative estimate of drug-likeness (QED) is 0.754. The smallest absolute Gasteiger partial charge is 0.166 e. The van der Waals surface area contributed by atoms with Crippen molar-refractivity contribution in [2.75, 3.05) is 0 Å². The molecule has 0 N–H and O–H groups in total. The van der Waals surface area contributed by atoms with Crippen LogP contribution in [0.4, 0.5) is 0 Å². The summed E-state index contributed by atoms with van der Waals surface area (Å²) in [5.74, 6) is 0.715. The molecule has 4 heteroatoms. The van der Waals surface area contributed by atoms with Gasteiger partial charge in [0.05, 0.1) is 11.3 Å². The highest BCUT2D eigenvalue weighted by atomic mass is 16.5. The van der Waals surface area contributed by atoms with E-state index in [0.29, 0.717) is 30.4 Å². The molecule has 0 fully saturated rings. The van der Waals surface area contributed by atoms with Crippen LogP contribution < -0.4 is 4.74 Å². The topological polar surface area (TPSA) is 44.1 Å². The number of Topliss-reactive ketones (excluding diaryl/α,β-unsaturated/α-hetero) is 1. The lowest BCUT2D eigenvalue weighted by atomic mass is 10.1. The van der Waals surface area contributed by atoms with Crippen LogP contribution in [0.2, 0.25) is 0 Å². The van der Waals surface area contributed by atoms with Crippen LogP contribution in [0.3, 0.4) is 0 Å². The Bertz CT molecular complexity index is 588. The largest absolute Gasteiger partial charge is 0.486 e. The predicted octanol–water partition coefficient (Wildman–Crippen LogP) is 3.64. The molecule has 4 nitrogen and oxygen atoms in total. The summed E-state index contributed by atoms with van der Waals surface area (Å²) in [6, 6.07) is 9.61. The van der Waals surface area contributed by atoms with E-state index in [1.807, 2.05) is 42.1 Å². The third kappa shape index (κ3) is 3.26. The highest BCUT2D eigenvalue weighted by molar-refractivity contribution is 5.98. The molecule has 1 heterocycles. The minimum absolute atomic E-state index is 0.0910. The number of hydrogen-bond acceptors (Lipinski definition) is 3. The molecule has 2 rings (SSSR count). The van der Waals surface area contributed by atoms with Gasteiger partial charge in [-0.25, -0.2) is 0 Å². The number of ketones is 1. The van der Waals surface area contributed by atoms with E-state index in [9.17, 15) is 4.79 Å². The normalized spacial score (nSPS) is 10.8. The number of para-hydroxylation sites is 1. The first-order valence-corrected chi connectivity index (χ1v) is 6.91. The molecule has 0 saturated heterocycles. The Labute approximate surface area is 119 Å². The number of nitrogens with zero attached hydrogens (tertiary/aromatic N) is 2. The van der Waals surface area contributed by atoms with Gasteiger partial charge in [0.15, 0.2) is 5.78 Å². The number of hydrogen-bond donors (Lipinski definition) is 0. The van der Waals surface area contributed by atoms with E-state index in [-0.39, 0.29) is 5.78 Å². The van der Waals surface area contributed by atoms with Crippen molar-refractivity contribution >= 4 is 5.78 Å². The standard InChI is InChI=1S/C16H20N2O2/c1-4-15(19)14-7-5-6-8-16(14)20-11-13-9-10-18(17-13)12(2)3/h5-10,12H,4,11H2,1-3H3. The fourth-order valence-electron chi connectivity index (χ4n) is 1.91. The Morgan fingerprint density at radius 1 is 1.30 bits per heavy atom. The number of aromatic nitrogens is 2. The van der Waals surface area contributed by atoms with Crippen molar-refractivity contribution in [2.24, 2.45) is 0 Å². The second kappa shape index (κ2) is 6.37. The maximum atomic E-state index is 11.8. The van der Waals surface area contributed by atoms with Crippen LogP contribution in [0.5, 0.6) is 5.75 Å². The summed E-state index contributed by atoms with van der Waals surface area (Å²) in [6.07, 6.45) is 2.41. The number of benzene rings is 1. The maximum absolute atomic E-state index is 11.8. The van der Waals surface area contributed by atoms with Crippen molar-refractivity contribution < 1.29 is 9.53 Å². The molecule has 0 aliphatic heterocycles. The van der Waals surface area contributed by atoms with Crippen LogP contribution >= 0.6 is 0 Å². The van der Waals surface area contributed by atoms with Crippen molar-refractivity contribution in [2.45, 2.75) is 39.8 Å². The molecule has 20 heavy (non-hydrogen) atoms. The molecule has 0 unspecified atom stereocenters. The zero-order valence-corrected chi connectivity index (χ0v) is 12.2. The average molecular weight is 272 g/mol. The van der Waals surface area contributed by atoms with E-state index in [2.05, 4.69) is 18.9 Å². The lowest BCUT2D eigenvalue weighted by Gasteiger charge is -2.09. The van der Waals surface area contributed by atoms with Crippen LogP contribution in [0.25, 0.3) is 0 Å². The van der Waals surface area contributed by atoms with Gasteiger partial charge in [-0.15, -0.1) is 0 Å². The van der Waals surface area contributed by atoms with Gasteiger partial charge in [-0.3, -0.25) is 9.48 Å².